The second-order valence-corrected chi connectivity index (χ2v) is 3.74. The number of aromatic nitrogens is 2. The molecule has 1 fully saturated rings. The summed E-state index contributed by atoms with van der Waals surface area (Å²) in [5, 5.41) is 0. The summed E-state index contributed by atoms with van der Waals surface area (Å²) in [5.41, 5.74) is 5.47. The highest BCUT2D eigenvalue weighted by Crippen LogP contribution is 2.21. The van der Waals surface area contributed by atoms with Gasteiger partial charge >= 0.3 is 0 Å². The number of carbonyl (C=O) groups is 3. The van der Waals surface area contributed by atoms with Gasteiger partial charge in [0, 0.05) is 25.4 Å². The molecule has 2 N–H and O–H groups in total. The van der Waals surface area contributed by atoms with Crippen molar-refractivity contribution >= 4 is 24.0 Å². The molecule has 1 aromatic heterocycles. The molecular formula is C10H10N4O3. The molecule has 88 valence electrons. The van der Waals surface area contributed by atoms with E-state index in [0.717, 1.165) is 0 Å². The van der Waals surface area contributed by atoms with E-state index >= 15 is 0 Å². The molecule has 0 spiro atoms. The second-order valence-electron chi connectivity index (χ2n) is 3.74. The van der Waals surface area contributed by atoms with E-state index in [-0.39, 0.29) is 24.8 Å². The van der Waals surface area contributed by atoms with E-state index in [9.17, 15) is 14.4 Å². The van der Waals surface area contributed by atoms with Gasteiger partial charge in [-0.1, -0.05) is 0 Å². The van der Waals surface area contributed by atoms with Crippen molar-refractivity contribution < 1.29 is 14.4 Å². The second kappa shape index (κ2) is 4.28. The van der Waals surface area contributed by atoms with E-state index in [2.05, 4.69) is 9.97 Å². The molecule has 1 unspecified atom stereocenters. The zero-order chi connectivity index (χ0) is 12.4. The van der Waals surface area contributed by atoms with Crippen molar-refractivity contribution in [3.63, 3.8) is 0 Å². The fourth-order valence-corrected chi connectivity index (χ4v) is 1.62. The Hall–Kier alpha value is -2.31. The smallest absolute Gasteiger partial charge is 0.232 e. The molecule has 2 rings (SSSR count). The molecular weight excluding hydrogens is 224 g/mol. The van der Waals surface area contributed by atoms with Crippen LogP contribution in [-0.4, -0.2) is 34.6 Å². The predicted octanol–water partition coefficient (Wildman–Crippen LogP) is -0.873. The van der Waals surface area contributed by atoms with Crippen LogP contribution in [0.25, 0.3) is 0 Å². The molecule has 2 heterocycles. The average Bonchev–Trinajstić information content (AvgIpc) is 2.72. The van der Waals surface area contributed by atoms with E-state index in [4.69, 9.17) is 5.73 Å². The first-order chi connectivity index (χ1) is 8.11. The Bertz CT molecular complexity index is 471. The summed E-state index contributed by atoms with van der Waals surface area (Å²) in [6.07, 6.45) is 3.33. The van der Waals surface area contributed by atoms with Gasteiger partial charge in [-0.05, 0) is 0 Å². The summed E-state index contributed by atoms with van der Waals surface area (Å²) in [4.78, 5) is 42.1. The van der Waals surface area contributed by atoms with Crippen LogP contribution in [0.5, 0.6) is 0 Å². The van der Waals surface area contributed by atoms with Crippen LogP contribution < -0.4 is 10.6 Å². The van der Waals surface area contributed by atoms with Crippen molar-refractivity contribution in [3.05, 3.63) is 18.0 Å². The Labute approximate surface area is 96.6 Å². The highest BCUT2D eigenvalue weighted by atomic mass is 16.2. The Balaban J connectivity index is 2.19. The first kappa shape index (κ1) is 11.2. The fraction of sp³-hybridized carbons (Fsp3) is 0.300. The molecule has 7 heteroatoms. The molecule has 1 aliphatic rings. The predicted molar refractivity (Wildman–Crippen MR) is 57.1 cm³/mol. The van der Waals surface area contributed by atoms with Crippen LogP contribution >= 0.6 is 0 Å². The molecule has 7 nitrogen and oxygen atoms in total. The number of carbonyl (C=O) groups excluding carboxylic acids is 3. The van der Waals surface area contributed by atoms with Crippen LogP contribution in [0.4, 0.5) is 5.95 Å². The van der Waals surface area contributed by atoms with Crippen molar-refractivity contribution in [1.82, 2.24) is 9.97 Å². The maximum Gasteiger partial charge on any atom is 0.232 e. The SMILES string of the molecule is NC(=O)C1CC(=O)N(c2ncc(C=O)cn2)C1. The lowest BCUT2D eigenvalue weighted by molar-refractivity contribution is -0.123. The van der Waals surface area contributed by atoms with Crippen LogP contribution in [0.15, 0.2) is 12.4 Å². The van der Waals surface area contributed by atoms with Crippen LogP contribution in [0.3, 0.4) is 0 Å². The largest absolute Gasteiger partial charge is 0.369 e. The van der Waals surface area contributed by atoms with Crippen LogP contribution in [0.1, 0.15) is 16.8 Å². The molecule has 1 atom stereocenters. The van der Waals surface area contributed by atoms with Crippen molar-refractivity contribution in [2.24, 2.45) is 11.7 Å². The van der Waals surface area contributed by atoms with Crippen molar-refractivity contribution in [2.75, 3.05) is 11.4 Å². The Morgan fingerprint density at radius 2 is 2.12 bits per heavy atom. The number of primary amides is 1. The van der Waals surface area contributed by atoms with Gasteiger partial charge in [-0.25, -0.2) is 9.97 Å². The summed E-state index contributed by atoms with van der Waals surface area (Å²) in [6, 6.07) is 0. The zero-order valence-corrected chi connectivity index (χ0v) is 8.87. The third-order valence-electron chi connectivity index (χ3n) is 2.56. The van der Waals surface area contributed by atoms with Crippen molar-refractivity contribution in [1.29, 1.82) is 0 Å². The maximum absolute atomic E-state index is 11.6. The van der Waals surface area contributed by atoms with Crippen LogP contribution in [-0.2, 0) is 9.59 Å². The molecule has 1 saturated heterocycles. The molecule has 0 saturated carbocycles. The van der Waals surface area contributed by atoms with E-state index in [0.29, 0.717) is 11.8 Å². The molecule has 0 bridgehead atoms. The lowest BCUT2D eigenvalue weighted by Crippen LogP contribution is -2.29. The zero-order valence-electron chi connectivity index (χ0n) is 8.87. The molecule has 1 aliphatic heterocycles. The monoisotopic (exact) mass is 234 g/mol. The van der Waals surface area contributed by atoms with E-state index in [1.807, 2.05) is 0 Å². The average molecular weight is 234 g/mol. The van der Waals surface area contributed by atoms with Gasteiger partial charge in [0.2, 0.25) is 17.8 Å². The Morgan fingerprint density at radius 1 is 1.47 bits per heavy atom. The minimum absolute atomic E-state index is 0.0775. The first-order valence-electron chi connectivity index (χ1n) is 4.98. The van der Waals surface area contributed by atoms with Gasteiger partial charge in [0.25, 0.3) is 0 Å². The summed E-state index contributed by atoms with van der Waals surface area (Å²) >= 11 is 0. The first-order valence-corrected chi connectivity index (χ1v) is 4.98. The van der Waals surface area contributed by atoms with Crippen LogP contribution in [0, 0.1) is 5.92 Å². The van der Waals surface area contributed by atoms with Gasteiger partial charge in [-0.3, -0.25) is 19.3 Å². The standard InChI is InChI=1S/C10H10N4O3/c11-9(17)7-1-8(16)14(4-7)10-12-2-6(5-15)3-13-10/h2-3,5,7H,1,4H2,(H2,11,17). The van der Waals surface area contributed by atoms with Gasteiger partial charge in [0.1, 0.15) is 0 Å². The number of nitrogens with two attached hydrogens (primary N) is 1. The number of amides is 2. The Morgan fingerprint density at radius 3 is 2.59 bits per heavy atom. The number of nitrogens with zero attached hydrogens (tertiary/aromatic N) is 3. The van der Waals surface area contributed by atoms with Crippen molar-refractivity contribution in [3.8, 4) is 0 Å². The topological polar surface area (TPSA) is 106 Å². The highest BCUT2D eigenvalue weighted by molar-refractivity contribution is 5.98. The molecule has 0 aliphatic carbocycles. The van der Waals surface area contributed by atoms with Crippen molar-refractivity contribution in [2.45, 2.75) is 6.42 Å². The number of rotatable bonds is 3. The lowest BCUT2D eigenvalue weighted by atomic mass is 10.1. The minimum Gasteiger partial charge on any atom is -0.369 e. The van der Waals surface area contributed by atoms with E-state index in [1.54, 1.807) is 0 Å². The molecule has 1 aromatic rings. The summed E-state index contributed by atoms with van der Waals surface area (Å²) in [7, 11) is 0. The molecule has 0 aromatic carbocycles. The highest BCUT2D eigenvalue weighted by Gasteiger charge is 2.35. The fourth-order valence-electron chi connectivity index (χ4n) is 1.62. The van der Waals surface area contributed by atoms with Gasteiger partial charge in [0.15, 0.2) is 6.29 Å². The number of aldehydes is 1. The number of anilines is 1. The molecule has 17 heavy (non-hydrogen) atoms. The van der Waals surface area contributed by atoms with Gasteiger partial charge < -0.3 is 5.73 Å². The third kappa shape index (κ3) is 2.12. The maximum atomic E-state index is 11.6. The lowest BCUT2D eigenvalue weighted by Gasteiger charge is -2.13. The summed E-state index contributed by atoms with van der Waals surface area (Å²) in [5.74, 6) is -1.07. The quantitative estimate of drug-likeness (QED) is 0.684. The van der Waals surface area contributed by atoms with Gasteiger partial charge in [-0.15, -0.1) is 0 Å². The van der Waals surface area contributed by atoms with Gasteiger partial charge in [-0.2, -0.15) is 0 Å². The number of hydrogen-bond acceptors (Lipinski definition) is 5. The van der Waals surface area contributed by atoms with Gasteiger partial charge in [0.05, 0.1) is 11.5 Å². The minimum atomic E-state index is -0.509. The van der Waals surface area contributed by atoms with E-state index < -0.39 is 11.8 Å². The molecule has 0 radical (unpaired) electrons. The molecule has 2 amide bonds. The van der Waals surface area contributed by atoms with E-state index in [1.165, 1.54) is 17.3 Å². The Kier molecular flexibility index (Phi) is 2.82. The van der Waals surface area contributed by atoms with Crippen LogP contribution in [0.2, 0.25) is 0 Å². The summed E-state index contributed by atoms with van der Waals surface area (Å²) < 4.78 is 0. The normalized spacial score (nSPS) is 19.4. The summed E-state index contributed by atoms with van der Waals surface area (Å²) in [6.45, 7) is 0.189. The third-order valence-corrected chi connectivity index (χ3v) is 2.56. The number of hydrogen-bond donors (Lipinski definition) is 1.